The van der Waals surface area contributed by atoms with Gasteiger partial charge in [-0.05, 0) is 30.9 Å². The first-order chi connectivity index (χ1) is 13.0. The van der Waals surface area contributed by atoms with Gasteiger partial charge in [-0.15, -0.1) is 11.3 Å². The Labute approximate surface area is 159 Å². The van der Waals surface area contributed by atoms with E-state index in [0.717, 1.165) is 38.9 Å². The Morgan fingerprint density at radius 3 is 2.93 bits per heavy atom. The minimum Gasteiger partial charge on any atom is -0.384 e. The van der Waals surface area contributed by atoms with E-state index in [1.54, 1.807) is 18.0 Å². The van der Waals surface area contributed by atoms with E-state index in [-0.39, 0.29) is 0 Å². The van der Waals surface area contributed by atoms with Gasteiger partial charge in [0.25, 0.3) is 0 Å². The Bertz CT molecular complexity index is 1150. The van der Waals surface area contributed by atoms with Crippen molar-refractivity contribution in [3.05, 3.63) is 35.6 Å². The summed E-state index contributed by atoms with van der Waals surface area (Å²) in [5.74, 6) is 1.05. The summed E-state index contributed by atoms with van der Waals surface area (Å²) in [4.78, 5) is 15.4. The van der Waals surface area contributed by atoms with Gasteiger partial charge in [0.15, 0.2) is 11.5 Å². The average Bonchev–Trinajstić information content (AvgIpc) is 3.21. The maximum atomic E-state index is 10.9. The van der Waals surface area contributed by atoms with Crippen LogP contribution in [-0.4, -0.2) is 43.6 Å². The first-order valence-corrected chi connectivity index (χ1v) is 9.64. The van der Waals surface area contributed by atoms with E-state index in [1.807, 2.05) is 31.6 Å². The largest absolute Gasteiger partial charge is 0.384 e. The molecule has 0 spiro atoms. The van der Waals surface area contributed by atoms with Crippen molar-refractivity contribution in [2.75, 3.05) is 13.7 Å². The predicted molar refractivity (Wildman–Crippen MR) is 103 cm³/mol. The van der Waals surface area contributed by atoms with E-state index in [1.165, 1.54) is 11.3 Å². The fourth-order valence-corrected chi connectivity index (χ4v) is 4.92. The average molecular weight is 381 g/mol. The van der Waals surface area contributed by atoms with Gasteiger partial charge in [0, 0.05) is 60.6 Å². The lowest BCUT2D eigenvalue weighted by atomic mass is 9.70. The number of fused-ring (bicyclic) bond motifs is 2. The van der Waals surface area contributed by atoms with Crippen molar-refractivity contribution in [1.29, 1.82) is 0 Å². The SMILES string of the molecule is COCC1CC(O)(c2cc3cnc(-c4cnc5nn(C)cc5c4)nc3s2)C1. The number of pyridine rings is 1. The number of thiophene rings is 1. The van der Waals surface area contributed by atoms with Crippen LogP contribution in [0.1, 0.15) is 17.7 Å². The van der Waals surface area contributed by atoms with Crippen LogP contribution >= 0.6 is 11.3 Å². The van der Waals surface area contributed by atoms with Gasteiger partial charge < -0.3 is 9.84 Å². The van der Waals surface area contributed by atoms with Crippen LogP contribution in [0.4, 0.5) is 0 Å². The molecular weight excluding hydrogens is 362 g/mol. The smallest absolute Gasteiger partial charge is 0.181 e. The quantitative estimate of drug-likeness (QED) is 0.585. The molecule has 0 amide bonds. The topological polar surface area (TPSA) is 86.0 Å². The Morgan fingerprint density at radius 2 is 2.11 bits per heavy atom. The normalized spacial score (nSPS) is 22.4. The molecule has 0 aliphatic heterocycles. The van der Waals surface area contributed by atoms with Crippen molar-refractivity contribution in [2.24, 2.45) is 13.0 Å². The highest BCUT2D eigenvalue weighted by atomic mass is 32.1. The van der Waals surface area contributed by atoms with E-state index in [9.17, 15) is 5.11 Å². The number of methoxy groups -OCH3 is 1. The summed E-state index contributed by atoms with van der Waals surface area (Å²) in [6.45, 7) is 0.695. The van der Waals surface area contributed by atoms with Crippen LogP contribution in [0, 0.1) is 5.92 Å². The van der Waals surface area contributed by atoms with E-state index in [4.69, 9.17) is 9.72 Å². The second-order valence-corrected chi connectivity index (χ2v) is 8.30. The first kappa shape index (κ1) is 16.7. The van der Waals surface area contributed by atoms with E-state index >= 15 is 0 Å². The fraction of sp³-hybridized carbons (Fsp3) is 0.368. The maximum absolute atomic E-state index is 10.9. The number of rotatable bonds is 4. The third-order valence-electron chi connectivity index (χ3n) is 5.12. The number of ether oxygens (including phenoxy) is 1. The van der Waals surface area contributed by atoms with Gasteiger partial charge in [-0.3, -0.25) is 4.68 Å². The van der Waals surface area contributed by atoms with E-state index in [0.29, 0.717) is 24.0 Å². The Kier molecular flexibility index (Phi) is 3.75. The number of aromatic nitrogens is 5. The number of aryl methyl sites for hydroxylation is 1. The molecule has 0 aromatic carbocycles. The Morgan fingerprint density at radius 1 is 1.26 bits per heavy atom. The van der Waals surface area contributed by atoms with Crippen molar-refractivity contribution in [1.82, 2.24) is 24.7 Å². The summed E-state index contributed by atoms with van der Waals surface area (Å²) < 4.78 is 6.93. The van der Waals surface area contributed by atoms with Crippen molar-refractivity contribution in [3.63, 3.8) is 0 Å². The number of hydrogen-bond donors (Lipinski definition) is 1. The van der Waals surface area contributed by atoms with Gasteiger partial charge in [-0.25, -0.2) is 15.0 Å². The van der Waals surface area contributed by atoms with Gasteiger partial charge in [-0.1, -0.05) is 0 Å². The zero-order valence-electron chi connectivity index (χ0n) is 15.1. The van der Waals surface area contributed by atoms with Crippen molar-refractivity contribution in [3.8, 4) is 11.4 Å². The van der Waals surface area contributed by atoms with Crippen LogP contribution < -0.4 is 0 Å². The van der Waals surface area contributed by atoms with Crippen LogP contribution in [0.25, 0.3) is 32.6 Å². The van der Waals surface area contributed by atoms with Gasteiger partial charge in [0.05, 0.1) is 5.60 Å². The van der Waals surface area contributed by atoms with Crippen LogP contribution in [-0.2, 0) is 17.4 Å². The molecular formula is C19H19N5O2S. The lowest BCUT2D eigenvalue weighted by Crippen LogP contribution is -2.42. The Hall–Kier alpha value is -2.42. The van der Waals surface area contributed by atoms with Gasteiger partial charge in [0.2, 0.25) is 0 Å². The summed E-state index contributed by atoms with van der Waals surface area (Å²) >= 11 is 1.54. The standard InChI is InChI=1S/C19H19N5O2S/c1-24-9-14-3-12(7-21-17(14)23-24)16-20-8-13-4-15(27-18(13)22-16)19(25)5-11(6-19)10-26-2/h3-4,7-9,11,25H,5-6,10H2,1-2H3. The van der Waals surface area contributed by atoms with Gasteiger partial charge >= 0.3 is 0 Å². The predicted octanol–water partition coefficient (Wildman–Crippen LogP) is 2.88. The van der Waals surface area contributed by atoms with Crippen molar-refractivity contribution < 1.29 is 9.84 Å². The summed E-state index contributed by atoms with van der Waals surface area (Å²) in [6, 6.07) is 4.01. The monoisotopic (exact) mass is 381 g/mol. The second kappa shape index (κ2) is 6.05. The fourth-order valence-electron chi connectivity index (χ4n) is 3.80. The highest BCUT2D eigenvalue weighted by molar-refractivity contribution is 7.18. The lowest BCUT2D eigenvalue weighted by molar-refractivity contribution is -0.0951. The van der Waals surface area contributed by atoms with Crippen molar-refractivity contribution >= 4 is 32.6 Å². The molecule has 27 heavy (non-hydrogen) atoms. The lowest BCUT2D eigenvalue weighted by Gasteiger charge is -2.42. The molecule has 0 radical (unpaired) electrons. The summed E-state index contributed by atoms with van der Waals surface area (Å²) in [6.07, 6.45) is 6.96. The molecule has 0 bridgehead atoms. The van der Waals surface area contributed by atoms with Crippen LogP contribution in [0.5, 0.6) is 0 Å². The molecule has 0 saturated heterocycles. The second-order valence-electron chi connectivity index (χ2n) is 7.27. The maximum Gasteiger partial charge on any atom is 0.181 e. The van der Waals surface area contributed by atoms with Crippen LogP contribution in [0.3, 0.4) is 0 Å². The zero-order valence-corrected chi connectivity index (χ0v) is 15.9. The summed E-state index contributed by atoms with van der Waals surface area (Å²) in [7, 11) is 3.57. The molecule has 5 rings (SSSR count). The highest BCUT2D eigenvalue weighted by Gasteiger charge is 2.45. The molecule has 7 nitrogen and oxygen atoms in total. The minimum absolute atomic E-state index is 0.421. The summed E-state index contributed by atoms with van der Waals surface area (Å²) in [5, 5.41) is 17.1. The molecule has 1 saturated carbocycles. The Balaban J connectivity index is 1.48. The minimum atomic E-state index is -0.759. The van der Waals surface area contributed by atoms with E-state index in [2.05, 4.69) is 15.1 Å². The molecule has 1 N–H and O–H groups in total. The molecule has 138 valence electrons. The first-order valence-electron chi connectivity index (χ1n) is 8.82. The molecule has 0 atom stereocenters. The molecule has 1 aliphatic carbocycles. The molecule has 1 fully saturated rings. The molecule has 4 aromatic heterocycles. The van der Waals surface area contributed by atoms with Crippen molar-refractivity contribution in [2.45, 2.75) is 18.4 Å². The highest BCUT2D eigenvalue weighted by Crippen LogP contribution is 2.48. The van der Waals surface area contributed by atoms with Crippen LogP contribution in [0.2, 0.25) is 0 Å². The third-order valence-corrected chi connectivity index (χ3v) is 6.36. The third kappa shape index (κ3) is 2.80. The molecule has 8 heteroatoms. The van der Waals surface area contributed by atoms with Crippen LogP contribution in [0.15, 0.2) is 30.7 Å². The number of aliphatic hydroxyl groups is 1. The summed E-state index contributed by atoms with van der Waals surface area (Å²) in [5.41, 5.74) is 0.804. The molecule has 0 unspecified atom stereocenters. The number of hydrogen-bond acceptors (Lipinski definition) is 7. The van der Waals surface area contributed by atoms with Gasteiger partial charge in [0.1, 0.15) is 4.83 Å². The number of nitrogens with zero attached hydrogens (tertiary/aromatic N) is 5. The zero-order chi connectivity index (χ0) is 18.6. The van der Waals surface area contributed by atoms with Gasteiger partial charge in [-0.2, -0.15) is 5.10 Å². The molecule has 4 aromatic rings. The molecule has 1 aliphatic rings. The van der Waals surface area contributed by atoms with E-state index < -0.39 is 5.60 Å². The molecule has 4 heterocycles.